The van der Waals surface area contributed by atoms with Crippen LogP contribution in [0.25, 0.3) is 16.8 Å². The fourth-order valence-corrected chi connectivity index (χ4v) is 4.09. The summed E-state index contributed by atoms with van der Waals surface area (Å²) >= 11 is 0. The Morgan fingerprint density at radius 3 is 2.74 bits per heavy atom. The lowest BCUT2D eigenvalue weighted by Gasteiger charge is -2.22. The average Bonchev–Trinajstić information content (AvgIpc) is 3.33. The number of nitrogens with zero attached hydrogens (tertiary/aromatic N) is 4. The molecule has 3 heterocycles. The minimum absolute atomic E-state index is 0.572. The van der Waals surface area contributed by atoms with E-state index in [1.807, 2.05) is 10.6 Å². The number of ether oxygens (including phenoxy) is 2. The van der Waals surface area contributed by atoms with Gasteiger partial charge in [0.05, 0.1) is 31.7 Å². The van der Waals surface area contributed by atoms with Crippen LogP contribution in [0.15, 0.2) is 18.2 Å². The van der Waals surface area contributed by atoms with E-state index in [1.54, 1.807) is 7.11 Å². The highest BCUT2D eigenvalue weighted by atomic mass is 16.5. The summed E-state index contributed by atoms with van der Waals surface area (Å²) in [7, 11) is 3.86. The number of anilines is 1. The lowest BCUT2D eigenvalue weighted by atomic mass is 10.0. The number of hydrogen-bond acceptors (Lipinski definition) is 5. The minimum atomic E-state index is 0.572. The van der Waals surface area contributed by atoms with Crippen LogP contribution in [0.4, 0.5) is 5.82 Å². The molecule has 6 nitrogen and oxygen atoms in total. The molecule has 1 aliphatic carbocycles. The number of hydrogen-bond donors (Lipinski definition) is 0. The molecule has 27 heavy (non-hydrogen) atoms. The van der Waals surface area contributed by atoms with Gasteiger partial charge in [-0.15, -0.1) is 0 Å². The summed E-state index contributed by atoms with van der Waals surface area (Å²) < 4.78 is 13.1. The molecular formula is C21H24N4O2. The topological polar surface area (TPSA) is 51.9 Å². The first-order valence-corrected chi connectivity index (χ1v) is 9.45. The molecule has 6 heteroatoms. The zero-order valence-corrected chi connectivity index (χ0v) is 16.2. The number of aromatic nitrogens is 3. The lowest BCUT2D eigenvalue weighted by molar-refractivity contribution is 0.133. The summed E-state index contributed by atoms with van der Waals surface area (Å²) in [5.74, 6) is 2.00. The van der Waals surface area contributed by atoms with Gasteiger partial charge in [0.25, 0.3) is 0 Å². The van der Waals surface area contributed by atoms with E-state index in [0.29, 0.717) is 19.3 Å². The molecule has 3 aromatic rings. The van der Waals surface area contributed by atoms with Gasteiger partial charge < -0.3 is 14.4 Å². The quantitative estimate of drug-likeness (QED) is 0.707. The molecule has 1 saturated carbocycles. The van der Waals surface area contributed by atoms with Gasteiger partial charge in [0.15, 0.2) is 5.65 Å². The van der Waals surface area contributed by atoms with E-state index in [4.69, 9.17) is 19.6 Å². The summed E-state index contributed by atoms with van der Waals surface area (Å²) in [4.78, 5) is 7.34. The Morgan fingerprint density at radius 1 is 1.22 bits per heavy atom. The van der Waals surface area contributed by atoms with Gasteiger partial charge >= 0.3 is 0 Å². The molecule has 2 aromatic heterocycles. The van der Waals surface area contributed by atoms with Crippen molar-refractivity contribution in [2.75, 3.05) is 19.1 Å². The first-order chi connectivity index (χ1) is 13.1. The summed E-state index contributed by atoms with van der Waals surface area (Å²) in [6.45, 7) is 5.35. The van der Waals surface area contributed by atoms with Crippen LogP contribution in [0, 0.1) is 13.8 Å². The molecule has 0 saturated heterocycles. The third-order valence-electron chi connectivity index (χ3n) is 5.71. The Kier molecular flexibility index (Phi) is 3.65. The summed E-state index contributed by atoms with van der Waals surface area (Å²) in [6.07, 6.45) is 2.47. The van der Waals surface area contributed by atoms with Crippen LogP contribution < -0.4 is 9.64 Å². The average molecular weight is 364 g/mol. The molecular weight excluding hydrogens is 340 g/mol. The first kappa shape index (κ1) is 16.6. The number of aryl methyl sites for hydroxylation is 2. The Labute approximate surface area is 158 Å². The second kappa shape index (κ2) is 5.96. The zero-order valence-electron chi connectivity index (χ0n) is 16.2. The van der Waals surface area contributed by atoms with Crippen molar-refractivity contribution < 1.29 is 9.47 Å². The fraction of sp³-hybridized carbons (Fsp3) is 0.429. The SMILES string of the molecule is COc1ccc(-c2c(C)nn3c(N(C)C4CC4)c4c(nc23)COC4)c(C)c1. The molecule has 2 aliphatic rings. The van der Waals surface area contributed by atoms with Crippen LogP contribution in [-0.2, 0) is 18.0 Å². The third-order valence-corrected chi connectivity index (χ3v) is 5.71. The molecule has 1 aliphatic heterocycles. The number of fused-ring (bicyclic) bond motifs is 2. The van der Waals surface area contributed by atoms with Crippen molar-refractivity contribution in [1.29, 1.82) is 0 Å². The maximum absolute atomic E-state index is 5.73. The summed E-state index contributed by atoms with van der Waals surface area (Å²) in [6, 6.07) is 6.76. The smallest absolute Gasteiger partial charge is 0.165 e. The molecule has 0 N–H and O–H groups in total. The Balaban J connectivity index is 1.78. The van der Waals surface area contributed by atoms with Gasteiger partial charge in [-0.3, -0.25) is 0 Å². The van der Waals surface area contributed by atoms with E-state index < -0.39 is 0 Å². The van der Waals surface area contributed by atoms with Gasteiger partial charge in [0.1, 0.15) is 11.6 Å². The Bertz CT molecular complexity index is 1050. The number of rotatable bonds is 4. The van der Waals surface area contributed by atoms with Crippen LogP contribution in [0.3, 0.4) is 0 Å². The van der Waals surface area contributed by atoms with E-state index in [1.165, 1.54) is 18.4 Å². The van der Waals surface area contributed by atoms with Gasteiger partial charge in [-0.25, -0.2) is 4.98 Å². The lowest BCUT2D eigenvalue weighted by Crippen LogP contribution is -2.24. The zero-order chi connectivity index (χ0) is 18.7. The first-order valence-electron chi connectivity index (χ1n) is 9.45. The number of benzene rings is 1. The van der Waals surface area contributed by atoms with Crippen LogP contribution in [0.5, 0.6) is 5.75 Å². The van der Waals surface area contributed by atoms with Crippen molar-refractivity contribution in [2.24, 2.45) is 0 Å². The standard InChI is InChI=1S/C21H24N4O2/c1-12-9-15(26-4)7-8-16(12)19-13(2)23-25-20(19)22-18-11-27-10-17(18)21(25)24(3)14-5-6-14/h7-9,14H,5-6,10-11H2,1-4H3. The van der Waals surface area contributed by atoms with Crippen LogP contribution in [-0.4, -0.2) is 34.8 Å². The normalized spacial score (nSPS) is 16.0. The monoisotopic (exact) mass is 364 g/mol. The van der Waals surface area contributed by atoms with E-state index in [9.17, 15) is 0 Å². The van der Waals surface area contributed by atoms with E-state index in [-0.39, 0.29) is 0 Å². The summed E-state index contributed by atoms with van der Waals surface area (Å²) in [5, 5.41) is 4.91. The second-order valence-corrected chi connectivity index (χ2v) is 7.57. The van der Waals surface area contributed by atoms with E-state index in [0.717, 1.165) is 45.3 Å². The fourth-order valence-electron chi connectivity index (χ4n) is 4.09. The van der Waals surface area contributed by atoms with Gasteiger partial charge in [-0.2, -0.15) is 9.61 Å². The Morgan fingerprint density at radius 2 is 2.04 bits per heavy atom. The van der Waals surface area contributed by atoms with Crippen molar-refractivity contribution >= 4 is 11.5 Å². The highest BCUT2D eigenvalue weighted by Crippen LogP contribution is 2.39. The maximum Gasteiger partial charge on any atom is 0.165 e. The van der Waals surface area contributed by atoms with Crippen LogP contribution >= 0.6 is 0 Å². The van der Waals surface area contributed by atoms with Crippen LogP contribution in [0.2, 0.25) is 0 Å². The molecule has 5 rings (SSSR count). The van der Waals surface area contributed by atoms with Gasteiger partial charge in [-0.05, 0) is 49.9 Å². The van der Waals surface area contributed by atoms with Crippen molar-refractivity contribution in [1.82, 2.24) is 14.6 Å². The predicted octanol–water partition coefficient (Wildman–Crippen LogP) is 3.65. The molecule has 1 fully saturated rings. The van der Waals surface area contributed by atoms with Crippen molar-refractivity contribution in [3.8, 4) is 16.9 Å². The molecule has 0 spiro atoms. The maximum atomic E-state index is 5.73. The predicted molar refractivity (Wildman–Crippen MR) is 104 cm³/mol. The van der Waals surface area contributed by atoms with Gasteiger partial charge in [0, 0.05) is 24.2 Å². The van der Waals surface area contributed by atoms with Crippen molar-refractivity contribution in [3.63, 3.8) is 0 Å². The highest BCUT2D eigenvalue weighted by molar-refractivity contribution is 5.83. The summed E-state index contributed by atoms with van der Waals surface area (Å²) in [5.41, 5.74) is 7.51. The molecule has 0 bridgehead atoms. The van der Waals surface area contributed by atoms with Crippen LogP contribution in [0.1, 0.15) is 35.4 Å². The molecule has 140 valence electrons. The molecule has 0 amide bonds. The van der Waals surface area contributed by atoms with Gasteiger partial charge in [-0.1, -0.05) is 6.07 Å². The number of methoxy groups -OCH3 is 1. The minimum Gasteiger partial charge on any atom is -0.497 e. The van der Waals surface area contributed by atoms with E-state index >= 15 is 0 Å². The largest absolute Gasteiger partial charge is 0.497 e. The van der Waals surface area contributed by atoms with Gasteiger partial charge in [0.2, 0.25) is 0 Å². The molecule has 0 atom stereocenters. The highest BCUT2D eigenvalue weighted by Gasteiger charge is 2.33. The molecule has 1 aromatic carbocycles. The molecule has 0 radical (unpaired) electrons. The van der Waals surface area contributed by atoms with E-state index in [2.05, 4.69) is 37.9 Å². The molecule has 0 unspecified atom stereocenters. The van der Waals surface area contributed by atoms with Crippen molar-refractivity contribution in [3.05, 3.63) is 40.7 Å². The second-order valence-electron chi connectivity index (χ2n) is 7.57. The van der Waals surface area contributed by atoms with Crippen molar-refractivity contribution in [2.45, 2.75) is 45.9 Å². The third kappa shape index (κ3) is 2.51. The Hall–Kier alpha value is -2.60.